The van der Waals surface area contributed by atoms with Crippen LogP contribution in [-0.2, 0) is 17.6 Å². The zero-order valence-electron chi connectivity index (χ0n) is 10.8. The summed E-state index contributed by atoms with van der Waals surface area (Å²) in [6, 6.07) is 7.44. The van der Waals surface area contributed by atoms with Gasteiger partial charge in [-0.05, 0) is 24.1 Å². The molecule has 0 aliphatic rings. The zero-order chi connectivity index (χ0) is 13.7. The van der Waals surface area contributed by atoms with Crippen molar-refractivity contribution in [1.82, 2.24) is 10.2 Å². The van der Waals surface area contributed by atoms with Crippen molar-refractivity contribution in [1.29, 1.82) is 0 Å². The number of aryl methyl sites for hydroxylation is 1. The van der Waals surface area contributed by atoms with Crippen LogP contribution in [0.15, 0.2) is 24.3 Å². The molecular weight excluding hydrogens is 262 g/mol. The second-order valence-electron chi connectivity index (χ2n) is 3.93. The van der Waals surface area contributed by atoms with Gasteiger partial charge < -0.3 is 10.1 Å². The summed E-state index contributed by atoms with van der Waals surface area (Å²) < 4.78 is 5.12. The predicted molar refractivity (Wildman–Crippen MR) is 74.6 cm³/mol. The Kier molecular flexibility index (Phi) is 4.46. The fourth-order valence-electron chi connectivity index (χ4n) is 1.58. The number of aromatic nitrogens is 2. The second kappa shape index (κ2) is 6.29. The Balaban J connectivity index is 1.96. The smallest absolute Gasteiger partial charge is 0.230 e. The molecule has 0 saturated carbocycles. The van der Waals surface area contributed by atoms with Crippen molar-refractivity contribution in [2.45, 2.75) is 19.8 Å². The van der Waals surface area contributed by atoms with Crippen molar-refractivity contribution in [2.75, 3.05) is 12.4 Å². The molecule has 1 N–H and O–H groups in total. The molecule has 6 heteroatoms. The van der Waals surface area contributed by atoms with E-state index in [1.807, 2.05) is 31.2 Å². The average molecular weight is 277 g/mol. The molecule has 0 saturated heterocycles. The minimum Gasteiger partial charge on any atom is -0.497 e. The average Bonchev–Trinajstić information content (AvgIpc) is 2.86. The SMILES string of the molecule is CCc1nnc(NC(=O)Cc2cccc(OC)c2)s1. The van der Waals surface area contributed by atoms with E-state index in [2.05, 4.69) is 15.5 Å². The van der Waals surface area contributed by atoms with Gasteiger partial charge in [-0.3, -0.25) is 4.79 Å². The minimum absolute atomic E-state index is 0.105. The Morgan fingerprint density at radius 1 is 1.42 bits per heavy atom. The van der Waals surface area contributed by atoms with E-state index in [0.717, 1.165) is 22.7 Å². The normalized spacial score (nSPS) is 10.2. The van der Waals surface area contributed by atoms with Gasteiger partial charge in [0.1, 0.15) is 10.8 Å². The van der Waals surface area contributed by atoms with Crippen LogP contribution in [0.25, 0.3) is 0 Å². The van der Waals surface area contributed by atoms with Gasteiger partial charge >= 0.3 is 0 Å². The number of anilines is 1. The first-order valence-electron chi connectivity index (χ1n) is 5.96. The lowest BCUT2D eigenvalue weighted by atomic mass is 10.1. The summed E-state index contributed by atoms with van der Waals surface area (Å²) in [5.74, 6) is 0.640. The van der Waals surface area contributed by atoms with Crippen LogP contribution >= 0.6 is 11.3 Å². The van der Waals surface area contributed by atoms with Crippen LogP contribution in [0, 0.1) is 0 Å². The Hall–Kier alpha value is -1.95. The molecule has 19 heavy (non-hydrogen) atoms. The van der Waals surface area contributed by atoms with Gasteiger partial charge in [0.05, 0.1) is 13.5 Å². The molecule has 0 aliphatic carbocycles. The molecule has 0 radical (unpaired) electrons. The number of amides is 1. The first-order chi connectivity index (χ1) is 9.21. The lowest BCUT2D eigenvalue weighted by Gasteiger charge is -2.04. The molecule has 0 atom stereocenters. The quantitative estimate of drug-likeness (QED) is 0.910. The van der Waals surface area contributed by atoms with Crippen LogP contribution in [0.2, 0.25) is 0 Å². The third kappa shape index (κ3) is 3.75. The number of nitrogens with one attached hydrogen (secondary N) is 1. The van der Waals surface area contributed by atoms with Crippen molar-refractivity contribution in [3.8, 4) is 5.75 Å². The molecule has 0 bridgehead atoms. The maximum Gasteiger partial charge on any atom is 0.230 e. The van der Waals surface area contributed by atoms with E-state index in [4.69, 9.17) is 4.74 Å². The van der Waals surface area contributed by atoms with Crippen LogP contribution < -0.4 is 10.1 Å². The highest BCUT2D eigenvalue weighted by molar-refractivity contribution is 7.15. The lowest BCUT2D eigenvalue weighted by molar-refractivity contribution is -0.115. The predicted octanol–water partition coefficient (Wildman–Crippen LogP) is 2.29. The van der Waals surface area contributed by atoms with E-state index in [1.54, 1.807) is 7.11 Å². The Labute approximate surface area is 115 Å². The topological polar surface area (TPSA) is 64.1 Å². The van der Waals surface area contributed by atoms with Crippen molar-refractivity contribution < 1.29 is 9.53 Å². The summed E-state index contributed by atoms with van der Waals surface area (Å²) in [6.07, 6.45) is 1.11. The van der Waals surface area contributed by atoms with Crippen molar-refractivity contribution in [3.63, 3.8) is 0 Å². The Bertz CT molecular complexity index is 569. The van der Waals surface area contributed by atoms with Crippen LogP contribution in [0.3, 0.4) is 0 Å². The number of hydrogen-bond donors (Lipinski definition) is 1. The third-order valence-corrected chi connectivity index (χ3v) is 3.50. The largest absolute Gasteiger partial charge is 0.497 e. The fraction of sp³-hybridized carbons (Fsp3) is 0.308. The summed E-state index contributed by atoms with van der Waals surface area (Å²) in [7, 11) is 1.60. The molecule has 1 heterocycles. The molecule has 2 rings (SSSR count). The monoisotopic (exact) mass is 277 g/mol. The highest BCUT2D eigenvalue weighted by atomic mass is 32.1. The van der Waals surface area contributed by atoms with Gasteiger partial charge in [-0.1, -0.05) is 30.4 Å². The summed E-state index contributed by atoms with van der Waals surface area (Å²) in [6.45, 7) is 2.00. The number of nitrogens with zero attached hydrogens (tertiary/aromatic N) is 2. The number of ether oxygens (including phenoxy) is 1. The Morgan fingerprint density at radius 3 is 2.95 bits per heavy atom. The molecule has 2 aromatic rings. The molecule has 1 aromatic carbocycles. The van der Waals surface area contributed by atoms with Crippen LogP contribution in [0.4, 0.5) is 5.13 Å². The number of carbonyl (C=O) groups excluding carboxylic acids is 1. The van der Waals surface area contributed by atoms with Gasteiger partial charge in [-0.2, -0.15) is 0 Å². The van der Waals surface area contributed by atoms with E-state index >= 15 is 0 Å². The highest BCUT2D eigenvalue weighted by Gasteiger charge is 2.08. The van der Waals surface area contributed by atoms with Crippen LogP contribution in [0.1, 0.15) is 17.5 Å². The van der Waals surface area contributed by atoms with Gasteiger partial charge in [-0.15, -0.1) is 10.2 Å². The first kappa shape index (κ1) is 13.5. The summed E-state index contributed by atoms with van der Waals surface area (Å²) in [5.41, 5.74) is 0.900. The maximum atomic E-state index is 11.9. The fourth-order valence-corrected chi connectivity index (χ4v) is 2.27. The van der Waals surface area contributed by atoms with Gasteiger partial charge in [0, 0.05) is 0 Å². The van der Waals surface area contributed by atoms with Crippen LogP contribution in [-0.4, -0.2) is 23.2 Å². The first-order valence-corrected chi connectivity index (χ1v) is 6.78. The molecule has 0 spiro atoms. The summed E-state index contributed by atoms with van der Waals surface area (Å²) in [4.78, 5) is 11.9. The van der Waals surface area contributed by atoms with E-state index in [-0.39, 0.29) is 12.3 Å². The number of carbonyl (C=O) groups is 1. The number of benzene rings is 1. The van der Waals surface area contributed by atoms with Gasteiger partial charge in [-0.25, -0.2) is 0 Å². The molecule has 100 valence electrons. The van der Waals surface area contributed by atoms with Gasteiger partial charge in [0.25, 0.3) is 0 Å². The van der Waals surface area contributed by atoms with E-state index in [9.17, 15) is 4.79 Å². The Morgan fingerprint density at radius 2 is 2.26 bits per heavy atom. The molecular formula is C13H15N3O2S. The molecule has 5 nitrogen and oxygen atoms in total. The zero-order valence-corrected chi connectivity index (χ0v) is 11.7. The van der Waals surface area contributed by atoms with E-state index in [0.29, 0.717) is 5.13 Å². The molecule has 0 fully saturated rings. The van der Waals surface area contributed by atoms with Crippen molar-refractivity contribution in [2.24, 2.45) is 0 Å². The molecule has 0 unspecified atom stereocenters. The number of rotatable bonds is 5. The van der Waals surface area contributed by atoms with E-state index < -0.39 is 0 Å². The van der Waals surface area contributed by atoms with Gasteiger partial charge in [0.2, 0.25) is 11.0 Å². The summed E-state index contributed by atoms with van der Waals surface area (Å²) in [5, 5.41) is 12.1. The molecule has 1 aromatic heterocycles. The minimum atomic E-state index is -0.105. The highest BCUT2D eigenvalue weighted by Crippen LogP contribution is 2.17. The number of methoxy groups -OCH3 is 1. The standard InChI is InChI=1S/C13H15N3O2S/c1-3-12-15-16-13(19-12)14-11(17)8-9-5-4-6-10(7-9)18-2/h4-7H,3,8H2,1-2H3,(H,14,16,17). The molecule has 0 aliphatic heterocycles. The van der Waals surface area contributed by atoms with E-state index in [1.165, 1.54) is 11.3 Å². The number of hydrogen-bond acceptors (Lipinski definition) is 5. The van der Waals surface area contributed by atoms with Gasteiger partial charge in [0.15, 0.2) is 0 Å². The third-order valence-electron chi connectivity index (χ3n) is 2.51. The lowest BCUT2D eigenvalue weighted by Crippen LogP contribution is -2.14. The second-order valence-corrected chi connectivity index (χ2v) is 4.99. The van der Waals surface area contributed by atoms with Crippen LogP contribution in [0.5, 0.6) is 5.75 Å². The van der Waals surface area contributed by atoms with Crippen molar-refractivity contribution in [3.05, 3.63) is 34.8 Å². The maximum absolute atomic E-state index is 11.9. The summed E-state index contributed by atoms with van der Waals surface area (Å²) >= 11 is 1.40. The molecule has 1 amide bonds. The van der Waals surface area contributed by atoms with Crippen molar-refractivity contribution >= 4 is 22.4 Å².